The molecule has 1 aromatic heterocycles. The summed E-state index contributed by atoms with van der Waals surface area (Å²) in [5.41, 5.74) is 0. The second kappa shape index (κ2) is 7.40. The summed E-state index contributed by atoms with van der Waals surface area (Å²) in [6.07, 6.45) is 5.20. The molecule has 0 radical (unpaired) electrons. The summed E-state index contributed by atoms with van der Waals surface area (Å²) >= 11 is 1.55. The van der Waals surface area contributed by atoms with Gasteiger partial charge >= 0.3 is 0 Å². The first kappa shape index (κ1) is 16.4. The largest absolute Gasteiger partial charge is 0.368 e. The van der Waals surface area contributed by atoms with Crippen molar-refractivity contribution in [1.82, 2.24) is 15.2 Å². The predicted octanol–water partition coefficient (Wildman–Crippen LogP) is 1.74. The van der Waals surface area contributed by atoms with Crippen LogP contribution in [-0.2, 0) is 14.3 Å². The van der Waals surface area contributed by atoms with Crippen molar-refractivity contribution in [2.75, 3.05) is 19.7 Å². The van der Waals surface area contributed by atoms with Gasteiger partial charge in [0.1, 0.15) is 11.1 Å². The minimum atomic E-state index is -0.271. The minimum Gasteiger partial charge on any atom is -0.368 e. The number of nitrogens with one attached hydrogen (secondary N) is 1. The summed E-state index contributed by atoms with van der Waals surface area (Å²) in [7, 11) is 0. The average molecular weight is 337 g/mol. The molecular formula is C16H23N3O3S. The summed E-state index contributed by atoms with van der Waals surface area (Å²) in [6, 6.07) is -0.118. The van der Waals surface area contributed by atoms with E-state index in [0.29, 0.717) is 13.2 Å². The Morgan fingerprint density at radius 1 is 1.43 bits per heavy atom. The van der Waals surface area contributed by atoms with Crippen LogP contribution in [0.4, 0.5) is 0 Å². The highest BCUT2D eigenvalue weighted by atomic mass is 32.1. The summed E-state index contributed by atoms with van der Waals surface area (Å²) in [4.78, 5) is 30.4. The van der Waals surface area contributed by atoms with Crippen LogP contribution in [-0.4, -0.2) is 47.5 Å². The third-order valence-corrected chi connectivity index (χ3v) is 5.38. The van der Waals surface area contributed by atoms with Crippen LogP contribution in [0.2, 0.25) is 0 Å². The third-order valence-electron chi connectivity index (χ3n) is 4.52. The Morgan fingerprint density at radius 2 is 2.30 bits per heavy atom. The molecule has 0 aromatic carbocycles. The molecule has 2 fully saturated rings. The molecule has 0 saturated carbocycles. The Kier molecular flexibility index (Phi) is 5.27. The molecule has 2 aliphatic heterocycles. The fraction of sp³-hybridized carbons (Fsp3) is 0.688. The van der Waals surface area contributed by atoms with E-state index in [4.69, 9.17) is 4.74 Å². The molecule has 3 heterocycles. The number of hydrogen-bond acceptors (Lipinski definition) is 5. The van der Waals surface area contributed by atoms with Crippen LogP contribution in [0.5, 0.6) is 0 Å². The van der Waals surface area contributed by atoms with Gasteiger partial charge in [-0.3, -0.25) is 9.59 Å². The number of piperidine rings is 1. The SMILES string of the molecule is CC(=O)N[C@H](c1nccs1)[C@@H]1CCCN(C(=O)[C@H]2CCCO2)C1. The summed E-state index contributed by atoms with van der Waals surface area (Å²) in [5, 5.41) is 5.85. The van der Waals surface area contributed by atoms with Crippen LogP contribution < -0.4 is 5.32 Å². The smallest absolute Gasteiger partial charge is 0.251 e. The van der Waals surface area contributed by atoms with Crippen molar-refractivity contribution in [1.29, 1.82) is 0 Å². The van der Waals surface area contributed by atoms with Crippen LogP contribution in [0.3, 0.4) is 0 Å². The van der Waals surface area contributed by atoms with Gasteiger partial charge in [0.05, 0.1) is 6.04 Å². The minimum absolute atomic E-state index is 0.0622. The highest BCUT2D eigenvalue weighted by molar-refractivity contribution is 7.09. The van der Waals surface area contributed by atoms with E-state index in [0.717, 1.165) is 37.2 Å². The lowest BCUT2D eigenvalue weighted by Gasteiger charge is -2.37. The van der Waals surface area contributed by atoms with E-state index in [-0.39, 0.29) is 29.9 Å². The number of hydrogen-bond donors (Lipinski definition) is 1. The molecule has 126 valence electrons. The molecule has 23 heavy (non-hydrogen) atoms. The Bertz CT molecular complexity index is 543. The van der Waals surface area contributed by atoms with E-state index < -0.39 is 0 Å². The van der Waals surface area contributed by atoms with Crippen LogP contribution in [0, 0.1) is 5.92 Å². The van der Waals surface area contributed by atoms with Gasteiger partial charge in [-0.05, 0) is 25.7 Å². The Morgan fingerprint density at radius 3 is 2.96 bits per heavy atom. The van der Waals surface area contributed by atoms with Crippen molar-refractivity contribution in [2.24, 2.45) is 5.92 Å². The van der Waals surface area contributed by atoms with Gasteiger partial charge in [0.25, 0.3) is 5.91 Å². The number of nitrogens with zero attached hydrogens (tertiary/aromatic N) is 2. The molecule has 3 rings (SSSR count). The van der Waals surface area contributed by atoms with Crippen molar-refractivity contribution >= 4 is 23.2 Å². The average Bonchev–Trinajstić information content (AvgIpc) is 3.25. The zero-order valence-corrected chi connectivity index (χ0v) is 14.2. The van der Waals surface area contributed by atoms with Gasteiger partial charge < -0.3 is 15.0 Å². The summed E-state index contributed by atoms with van der Waals surface area (Å²) in [6.45, 7) is 3.64. The van der Waals surface area contributed by atoms with E-state index in [1.54, 1.807) is 17.5 Å². The Balaban J connectivity index is 1.70. The molecule has 1 aromatic rings. The topological polar surface area (TPSA) is 71.5 Å². The second-order valence-electron chi connectivity index (χ2n) is 6.24. The first-order valence-electron chi connectivity index (χ1n) is 8.22. The molecule has 0 spiro atoms. The number of aromatic nitrogens is 1. The zero-order valence-electron chi connectivity index (χ0n) is 13.4. The van der Waals surface area contributed by atoms with Crippen molar-refractivity contribution in [3.05, 3.63) is 16.6 Å². The van der Waals surface area contributed by atoms with Crippen molar-refractivity contribution < 1.29 is 14.3 Å². The number of ether oxygens (including phenoxy) is 1. The molecule has 2 amide bonds. The first-order chi connectivity index (χ1) is 11.1. The normalized spacial score (nSPS) is 26.0. The van der Waals surface area contributed by atoms with Crippen LogP contribution in [0.25, 0.3) is 0 Å². The number of amides is 2. The molecule has 3 atom stereocenters. The van der Waals surface area contributed by atoms with Crippen molar-refractivity contribution in [3.63, 3.8) is 0 Å². The molecule has 2 saturated heterocycles. The molecule has 0 bridgehead atoms. The summed E-state index contributed by atoms with van der Waals surface area (Å²) < 4.78 is 5.53. The van der Waals surface area contributed by atoms with Gasteiger partial charge in [-0.15, -0.1) is 11.3 Å². The number of likely N-dealkylation sites (tertiary alicyclic amines) is 1. The van der Waals surface area contributed by atoms with Crippen molar-refractivity contribution in [2.45, 2.75) is 44.8 Å². The van der Waals surface area contributed by atoms with Gasteiger partial charge in [0.2, 0.25) is 5.91 Å². The van der Waals surface area contributed by atoms with E-state index >= 15 is 0 Å². The maximum absolute atomic E-state index is 12.6. The molecule has 6 nitrogen and oxygen atoms in total. The van der Waals surface area contributed by atoms with Crippen molar-refractivity contribution in [3.8, 4) is 0 Å². The maximum atomic E-state index is 12.6. The van der Waals surface area contributed by atoms with Gasteiger partial charge in [-0.2, -0.15) is 0 Å². The van der Waals surface area contributed by atoms with E-state index in [9.17, 15) is 9.59 Å². The molecule has 7 heteroatoms. The monoisotopic (exact) mass is 337 g/mol. The predicted molar refractivity (Wildman–Crippen MR) is 86.9 cm³/mol. The lowest BCUT2D eigenvalue weighted by molar-refractivity contribution is -0.143. The summed E-state index contributed by atoms with van der Waals surface area (Å²) in [5.74, 6) is 0.241. The highest BCUT2D eigenvalue weighted by Gasteiger charge is 2.35. The van der Waals surface area contributed by atoms with Gasteiger partial charge in [0.15, 0.2) is 0 Å². The number of rotatable bonds is 4. The Hall–Kier alpha value is -1.47. The molecule has 2 aliphatic rings. The molecular weight excluding hydrogens is 314 g/mol. The number of carbonyl (C=O) groups is 2. The van der Waals surface area contributed by atoms with Gasteiger partial charge in [-0.1, -0.05) is 0 Å². The second-order valence-corrected chi connectivity index (χ2v) is 7.16. The quantitative estimate of drug-likeness (QED) is 0.908. The van der Waals surface area contributed by atoms with Crippen LogP contribution in [0.1, 0.15) is 43.7 Å². The number of thiazole rings is 1. The fourth-order valence-electron chi connectivity index (χ4n) is 3.45. The zero-order chi connectivity index (χ0) is 16.2. The van der Waals surface area contributed by atoms with E-state index in [1.807, 2.05) is 10.3 Å². The lowest BCUT2D eigenvalue weighted by Crippen LogP contribution is -2.48. The van der Waals surface area contributed by atoms with Crippen LogP contribution in [0.15, 0.2) is 11.6 Å². The van der Waals surface area contributed by atoms with Crippen LogP contribution >= 0.6 is 11.3 Å². The van der Waals surface area contributed by atoms with Gasteiger partial charge in [-0.25, -0.2) is 4.98 Å². The number of carbonyl (C=O) groups excluding carboxylic acids is 2. The maximum Gasteiger partial charge on any atom is 0.251 e. The standard InChI is InChI=1S/C16H23N3O3S/c1-11(20)18-14(15-17-6-9-23-15)12-4-2-7-19(10-12)16(21)13-5-3-8-22-13/h6,9,12-14H,2-5,7-8,10H2,1H3,(H,18,20)/t12-,13-,14+/m1/s1. The lowest BCUT2D eigenvalue weighted by atomic mass is 9.90. The highest BCUT2D eigenvalue weighted by Crippen LogP contribution is 2.31. The third kappa shape index (κ3) is 3.90. The van der Waals surface area contributed by atoms with E-state index in [1.165, 1.54) is 6.92 Å². The molecule has 0 unspecified atom stereocenters. The first-order valence-corrected chi connectivity index (χ1v) is 9.10. The molecule has 0 aliphatic carbocycles. The Labute approximate surface area is 140 Å². The fourth-order valence-corrected chi connectivity index (χ4v) is 4.23. The van der Waals surface area contributed by atoms with E-state index in [2.05, 4.69) is 10.3 Å². The van der Waals surface area contributed by atoms with Gasteiger partial charge in [0, 0.05) is 44.1 Å². The molecule has 1 N–H and O–H groups in total.